The van der Waals surface area contributed by atoms with E-state index in [4.69, 9.17) is 31.0 Å². The van der Waals surface area contributed by atoms with Crippen molar-refractivity contribution in [2.75, 3.05) is 44.6 Å². The molecule has 238 valence electrons. The van der Waals surface area contributed by atoms with Crippen LogP contribution in [0.4, 0.5) is 5.69 Å². The molecule has 1 saturated carbocycles. The second kappa shape index (κ2) is 12.7. The fourth-order valence-electron chi connectivity index (χ4n) is 8.11. The maximum absolute atomic E-state index is 12.6. The van der Waals surface area contributed by atoms with Crippen LogP contribution in [0.1, 0.15) is 66.4 Å². The lowest BCUT2D eigenvalue weighted by molar-refractivity contribution is 0.00323. The van der Waals surface area contributed by atoms with Crippen molar-refractivity contribution in [2.24, 2.45) is 22.9 Å². The summed E-state index contributed by atoms with van der Waals surface area (Å²) >= 11 is 6.42. The highest BCUT2D eigenvalue weighted by Gasteiger charge is 2.45. The second-order valence-corrected chi connectivity index (χ2v) is 15.3. The Labute approximate surface area is 265 Å². The van der Waals surface area contributed by atoms with Crippen LogP contribution in [0.15, 0.2) is 48.0 Å². The number of hydrogen-bond donors (Lipinski definition) is 1. The van der Waals surface area contributed by atoms with E-state index in [1.807, 2.05) is 18.2 Å². The van der Waals surface area contributed by atoms with Crippen molar-refractivity contribution < 1.29 is 27.4 Å². The second-order valence-electron chi connectivity index (χ2n) is 13.2. The molecule has 44 heavy (non-hydrogen) atoms. The summed E-state index contributed by atoms with van der Waals surface area (Å²) in [5, 5.41) is 6.08. The minimum absolute atomic E-state index is 0.000191. The van der Waals surface area contributed by atoms with Crippen LogP contribution in [0, 0.1) is 17.8 Å². The lowest BCUT2D eigenvalue weighted by Crippen LogP contribution is -2.50. The average molecular weight is 643 g/mol. The number of benzene rings is 2. The van der Waals surface area contributed by atoms with E-state index in [0.29, 0.717) is 30.4 Å². The first kappa shape index (κ1) is 31.4. The number of fused-ring (bicyclic) bond motifs is 3. The number of ether oxygens (including phenoxy) is 3. The number of anilines is 1. The van der Waals surface area contributed by atoms with Gasteiger partial charge in [0.2, 0.25) is 10.0 Å². The zero-order valence-corrected chi connectivity index (χ0v) is 27.2. The molecule has 8 nitrogen and oxygen atoms in total. The minimum atomic E-state index is -3.48. The normalized spacial score (nSPS) is 27.2. The molecule has 2 aromatic carbocycles. The Morgan fingerprint density at radius 2 is 2.00 bits per heavy atom. The zero-order chi connectivity index (χ0) is 31.1. The Kier molecular flexibility index (Phi) is 9.03. The topological polar surface area (TPSA) is 108 Å². The van der Waals surface area contributed by atoms with Crippen LogP contribution in [-0.2, 0) is 31.3 Å². The molecule has 3 aliphatic carbocycles. The van der Waals surface area contributed by atoms with Gasteiger partial charge in [-0.3, -0.25) is 0 Å². The van der Waals surface area contributed by atoms with E-state index in [2.05, 4.69) is 23.1 Å². The third-order valence-electron chi connectivity index (χ3n) is 10.4. The Hall–Kier alpha value is -2.59. The van der Waals surface area contributed by atoms with Crippen molar-refractivity contribution in [3.8, 4) is 5.75 Å². The van der Waals surface area contributed by atoms with Gasteiger partial charge in [-0.2, -0.15) is 0 Å². The largest absolute Gasteiger partial charge is 0.490 e. The van der Waals surface area contributed by atoms with Crippen LogP contribution < -0.4 is 14.8 Å². The average Bonchev–Trinajstić information content (AvgIpc) is 3.14. The first-order chi connectivity index (χ1) is 21.1. The Morgan fingerprint density at radius 1 is 1.16 bits per heavy atom. The number of halogens is 1. The molecule has 5 atom stereocenters. The summed E-state index contributed by atoms with van der Waals surface area (Å²) in [6.07, 6.45) is 9.78. The number of carbonyl (C=O) groups is 1. The van der Waals surface area contributed by atoms with E-state index >= 15 is 0 Å². The fraction of sp³-hybridized carbons (Fsp3) is 0.559. The van der Waals surface area contributed by atoms with Gasteiger partial charge in [-0.05, 0) is 116 Å². The molecular weight excluding hydrogens is 600 g/mol. The summed E-state index contributed by atoms with van der Waals surface area (Å²) in [7, 11) is -0.293. The predicted octanol–water partition coefficient (Wildman–Crippen LogP) is 5.66. The van der Waals surface area contributed by atoms with Gasteiger partial charge in [0.1, 0.15) is 5.75 Å². The molecule has 4 aliphatic rings. The number of nitrogens with two attached hydrogens (primary N) is 1. The van der Waals surface area contributed by atoms with Crippen LogP contribution in [-0.4, -0.2) is 60.2 Å². The Morgan fingerprint density at radius 3 is 2.68 bits per heavy atom. The van der Waals surface area contributed by atoms with Gasteiger partial charge in [0, 0.05) is 30.6 Å². The molecule has 10 heteroatoms. The molecule has 2 N–H and O–H groups in total. The molecule has 6 rings (SSSR count). The third kappa shape index (κ3) is 6.39. The molecule has 1 spiro atoms. The van der Waals surface area contributed by atoms with Gasteiger partial charge < -0.3 is 19.1 Å². The molecule has 2 aromatic rings. The third-order valence-corrected chi connectivity index (χ3v) is 11.6. The zero-order valence-electron chi connectivity index (χ0n) is 25.6. The van der Waals surface area contributed by atoms with Crippen LogP contribution in [0.5, 0.6) is 5.75 Å². The summed E-state index contributed by atoms with van der Waals surface area (Å²) in [6.45, 7) is 2.15. The minimum Gasteiger partial charge on any atom is -0.490 e. The van der Waals surface area contributed by atoms with Crippen molar-refractivity contribution in [1.82, 2.24) is 0 Å². The number of rotatable bonds is 8. The first-order valence-corrected chi connectivity index (χ1v) is 17.8. The Bertz CT molecular complexity index is 1540. The monoisotopic (exact) mass is 642 g/mol. The molecule has 0 radical (unpaired) electrons. The van der Waals surface area contributed by atoms with E-state index in [-0.39, 0.29) is 29.2 Å². The molecule has 1 heterocycles. The number of methoxy groups -OCH3 is 2. The van der Waals surface area contributed by atoms with Gasteiger partial charge in [-0.1, -0.05) is 23.7 Å². The standard InChI is InChI=1S/C34H43ClN2O6S/c1-41-32(23-7-5-22(6-8-23)19-44(36,39)40)28-12-9-26(28)18-37-20-34(15-3-4-24-16-27(35)11-13-29(24)34)21-43-31-14-10-25(17-30(31)37)33(38)42-2/h7,10-11,13-14,16-17,22,26,28,32H,3-6,8-9,12,15,18-21H2,1-2H3,(H2,36,39,40)/t22-,26+,28-,32+,34?/m1/s1. The van der Waals surface area contributed by atoms with Gasteiger partial charge in [-0.15, -0.1) is 0 Å². The maximum Gasteiger partial charge on any atom is 0.337 e. The van der Waals surface area contributed by atoms with Crippen molar-refractivity contribution >= 4 is 33.3 Å². The van der Waals surface area contributed by atoms with Gasteiger partial charge in [0.15, 0.2) is 0 Å². The summed E-state index contributed by atoms with van der Waals surface area (Å²) in [6, 6.07) is 11.9. The number of esters is 1. The molecule has 0 aromatic heterocycles. The highest BCUT2D eigenvalue weighted by Crippen LogP contribution is 2.48. The fourth-order valence-corrected chi connectivity index (χ4v) is 9.26. The lowest BCUT2D eigenvalue weighted by atomic mass is 9.66. The predicted molar refractivity (Wildman–Crippen MR) is 172 cm³/mol. The van der Waals surface area contributed by atoms with Crippen LogP contribution in [0.25, 0.3) is 0 Å². The van der Waals surface area contributed by atoms with Gasteiger partial charge in [0.05, 0.1) is 36.8 Å². The van der Waals surface area contributed by atoms with E-state index in [1.54, 1.807) is 13.2 Å². The number of carbonyl (C=O) groups excluding carboxylic acids is 1. The molecule has 0 bridgehead atoms. The van der Waals surface area contributed by atoms with Gasteiger partial charge >= 0.3 is 5.97 Å². The van der Waals surface area contributed by atoms with Crippen molar-refractivity contribution in [2.45, 2.75) is 62.9 Å². The SMILES string of the molecule is COC(=O)c1ccc2c(c1)N(C[C@@H]1CC[C@H]1[C@@H](OC)C1=CC[C@@H](CS(N)(=O)=O)CC1)CC1(CCCc3cc(Cl)ccc31)CO2. The number of primary sulfonamides is 1. The van der Waals surface area contributed by atoms with Crippen molar-refractivity contribution in [3.05, 3.63) is 69.8 Å². The molecule has 0 amide bonds. The van der Waals surface area contributed by atoms with Gasteiger partial charge in [0.25, 0.3) is 0 Å². The number of aryl methyl sites for hydroxylation is 1. The molecule has 1 aliphatic heterocycles. The summed E-state index contributed by atoms with van der Waals surface area (Å²) in [5.74, 6) is 1.25. The quantitative estimate of drug-likeness (QED) is 0.293. The molecular formula is C34H43ClN2O6S. The number of sulfonamides is 1. The van der Waals surface area contributed by atoms with E-state index in [0.717, 1.165) is 74.5 Å². The molecule has 0 saturated heterocycles. The maximum atomic E-state index is 12.6. The number of allylic oxidation sites excluding steroid dienone is 1. The lowest BCUT2D eigenvalue weighted by Gasteiger charge is -2.47. The summed E-state index contributed by atoms with van der Waals surface area (Å²) < 4.78 is 41.1. The van der Waals surface area contributed by atoms with Gasteiger partial charge in [-0.25, -0.2) is 18.4 Å². The van der Waals surface area contributed by atoms with E-state index in [9.17, 15) is 13.2 Å². The molecule has 1 unspecified atom stereocenters. The van der Waals surface area contributed by atoms with E-state index in [1.165, 1.54) is 23.8 Å². The van der Waals surface area contributed by atoms with Crippen LogP contribution in [0.2, 0.25) is 5.02 Å². The number of hydrogen-bond acceptors (Lipinski definition) is 7. The summed E-state index contributed by atoms with van der Waals surface area (Å²) in [5.41, 5.74) is 5.10. The van der Waals surface area contributed by atoms with Crippen LogP contribution in [0.3, 0.4) is 0 Å². The highest BCUT2D eigenvalue weighted by molar-refractivity contribution is 7.89. The number of nitrogens with zero attached hydrogens (tertiary/aromatic N) is 1. The Balaban J connectivity index is 1.29. The highest BCUT2D eigenvalue weighted by atomic mass is 35.5. The first-order valence-electron chi connectivity index (χ1n) is 15.7. The van der Waals surface area contributed by atoms with Crippen LogP contribution >= 0.6 is 11.6 Å². The van der Waals surface area contributed by atoms with Crippen molar-refractivity contribution in [3.63, 3.8) is 0 Å². The summed E-state index contributed by atoms with van der Waals surface area (Å²) in [4.78, 5) is 15.0. The molecule has 1 fully saturated rings. The smallest absolute Gasteiger partial charge is 0.337 e. The van der Waals surface area contributed by atoms with E-state index < -0.39 is 10.0 Å². The van der Waals surface area contributed by atoms with Crippen molar-refractivity contribution in [1.29, 1.82) is 0 Å².